The predicted octanol–water partition coefficient (Wildman–Crippen LogP) is 1.12. The predicted molar refractivity (Wildman–Crippen MR) is 126 cm³/mol. The highest BCUT2D eigenvalue weighted by atomic mass is 16.2. The van der Waals surface area contributed by atoms with Gasteiger partial charge in [-0.2, -0.15) is 5.10 Å². The van der Waals surface area contributed by atoms with Crippen molar-refractivity contribution in [3.8, 4) is 12.3 Å². The number of nitrogens with zero attached hydrogens (tertiary/aromatic N) is 4. The molecule has 2 N–H and O–H groups in total. The van der Waals surface area contributed by atoms with Crippen LogP contribution in [-0.2, 0) is 42.1 Å². The van der Waals surface area contributed by atoms with E-state index in [0.29, 0.717) is 18.5 Å². The van der Waals surface area contributed by atoms with Crippen LogP contribution in [0, 0.1) is 12.3 Å². The number of terminal acetylenes is 1. The highest BCUT2D eigenvalue weighted by Gasteiger charge is 2.39. The van der Waals surface area contributed by atoms with Gasteiger partial charge in [-0.1, -0.05) is 18.1 Å². The summed E-state index contributed by atoms with van der Waals surface area (Å²) in [6.45, 7) is 2.08. The number of hydrogen-bond donors (Lipinski definition) is 2. The molecule has 5 rings (SSSR count). The highest BCUT2D eigenvalue weighted by molar-refractivity contribution is 6.05. The molecule has 1 atom stereocenters. The van der Waals surface area contributed by atoms with Crippen molar-refractivity contribution in [3.05, 3.63) is 71.1 Å². The van der Waals surface area contributed by atoms with E-state index in [1.807, 2.05) is 41.6 Å². The lowest BCUT2D eigenvalue weighted by Gasteiger charge is -2.29. The number of carbonyl (C=O) groups excluding carboxylic acids is 3. The average Bonchev–Trinajstić information content (AvgIpc) is 3.58. The number of H-pyrrole nitrogens is 1. The Morgan fingerprint density at radius 3 is 2.91 bits per heavy atom. The Labute approximate surface area is 203 Å². The van der Waals surface area contributed by atoms with Crippen LogP contribution in [-0.4, -0.2) is 43.3 Å². The molecule has 1 fully saturated rings. The molecular formula is C26H27N6O3+. The van der Waals surface area contributed by atoms with E-state index in [4.69, 9.17) is 6.42 Å². The zero-order valence-electron chi connectivity index (χ0n) is 19.4. The Hall–Kier alpha value is -4.19. The van der Waals surface area contributed by atoms with Gasteiger partial charge in [0.05, 0.1) is 18.2 Å². The summed E-state index contributed by atoms with van der Waals surface area (Å²) >= 11 is 0. The van der Waals surface area contributed by atoms with Gasteiger partial charge in [-0.15, -0.1) is 11.1 Å². The molecule has 3 amide bonds. The van der Waals surface area contributed by atoms with E-state index < -0.39 is 6.04 Å². The van der Waals surface area contributed by atoms with Gasteiger partial charge < -0.3 is 9.47 Å². The number of aromatic amines is 1. The second kappa shape index (κ2) is 9.58. The first-order valence-electron chi connectivity index (χ1n) is 11.8. The van der Waals surface area contributed by atoms with Gasteiger partial charge in [0.25, 0.3) is 5.91 Å². The van der Waals surface area contributed by atoms with E-state index in [-0.39, 0.29) is 24.1 Å². The number of nitrogens with one attached hydrogen (secondary N) is 2. The summed E-state index contributed by atoms with van der Waals surface area (Å²) in [5.74, 6) is 1.80. The Balaban J connectivity index is 1.18. The van der Waals surface area contributed by atoms with Gasteiger partial charge in [0.15, 0.2) is 6.54 Å². The number of fused-ring (bicyclic) bond motifs is 1. The number of piperidine rings is 1. The van der Waals surface area contributed by atoms with Crippen LogP contribution in [0.3, 0.4) is 0 Å². The van der Waals surface area contributed by atoms with Crippen LogP contribution >= 0.6 is 0 Å². The summed E-state index contributed by atoms with van der Waals surface area (Å²) in [4.78, 5) is 43.0. The number of imidazole rings is 1. The molecular weight excluding hydrogens is 444 g/mol. The van der Waals surface area contributed by atoms with Crippen molar-refractivity contribution in [3.63, 3.8) is 0 Å². The van der Waals surface area contributed by atoms with Gasteiger partial charge >= 0.3 is 0 Å². The van der Waals surface area contributed by atoms with Gasteiger partial charge in [-0.3, -0.25) is 19.7 Å². The highest BCUT2D eigenvalue weighted by Crippen LogP contribution is 2.30. The third kappa shape index (κ3) is 4.73. The van der Waals surface area contributed by atoms with Gasteiger partial charge in [0, 0.05) is 37.7 Å². The van der Waals surface area contributed by atoms with Crippen LogP contribution in [0.1, 0.15) is 52.0 Å². The van der Waals surface area contributed by atoms with Crippen LogP contribution in [0.25, 0.3) is 0 Å². The van der Waals surface area contributed by atoms with E-state index >= 15 is 0 Å². The van der Waals surface area contributed by atoms with Crippen molar-refractivity contribution in [2.45, 2.75) is 57.8 Å². The molecule has 178 valence electrons. The quantitative estimate of drug-likeness (QED) is 0.292. The maximum absolute atomic E-state index is 13.0. The summed E-state index contributed by atoms with van der Waals surface area (Å²) in [5.41, 5.74) is 4.54. The largest absolute Gasteiger partial charge is 0.337 e. The minimum atomic E-state index is -0.599. The minimum absolute atomic E-state index is 0.144. The van der Waals surface area contributed by atoms with Crippen molar-refractivity contribution < 1.29 is 19.1 Å². The van der Waals surface area contributed by atoms with E-state index in [9.17, 15) is 14.4 Å². The molecule has 1 unspecified atom stereocenters. The normalized spacial score (nSPS) is 17.4. The zero-order chi connectivity index (χ0) is 24.4. The summed E-state index contributed by atoms with van der Waals surface area (Å²) in [6.07, 6.45) is 16.1. The molecule has 2 aromatic heterocycles. The maximum Gasteiger partial charge on any atom is 0.255 e. The lowest BCUT2D eigenvalue weighted by Crippen LogP contribution is -2.52. The van der Waals surface area contributed by atoms with Crippen molar-refractivity contribution in [1.82, 2.24) is 24.9 Å². The van der Waals surface area contributed by atoms with E-state index in [0.717, 1.165) is 54.7 Å². The third-order valence-corrected chi connectivity index (χ3v) is 6.68. The molecule has 4 heterocycles. The Kier molecular flexibility index (Phi) is 6.19. The number of aromatic nitrogens is 4. The van der Waals surface area contributed by atoms with Crippen molar-refractivity contribution in [2.75, 3.05) is 0 Å². The van der Waals surface area contributed by atoms with E-state index in [1.54, 1.807) is 4.90 Å². The van der Waals surface area contributed by atoms with Gasteiger partial charge in [-0.25, -0.2) is 4.98 Å². The van der Waals surface area contributed by atoms with Crippen LogP contribution in [0.2, 0.25) is 0 Å². The fraction of sp³-hybridized carbons (Fsp3) is 0.346. The molecule has 0 saturated carbocycles. The topological polar surface area (TPSA) is 104 Å². The van der Waals surface area contributed by atoms with Crippen LogP contribution in [0.15, 0.2) is 43.1 Å². The second-order valence-corrected chi connectivity index (χ2v) is 9.00. The second-order valence-electron chi connectivity index (χ2n) is 9.00. The van der Waals surface area contributed by atoms with Gasteiger partial charge in [-0.05, 0) is 36.5 Å². The molecule has 9 heteroatoms. The van der Waals surface area contributed by atoms with Crippen LogP contribution in [0.5, 0.6) is 0 Å². The van der Waals surface area contributed by atoms with Crippen molar-refractivity contribution in [1.29, 1.82) is 0 Å². The Morgan fingerprint density at radius 2 is 2.11 bits per heavy atom. The number of amides is 3. The number of carbonyl (C=O) groups is 3. The summed E-state index contributed by atoms with van der Waals surface area (Å²) in [7, 11) is 0. The molecule has 3 aromatic rings. The van der Waals surface area contributed by atoms with E-state index in [1.165, 1.54) is 0 Å². The van der Waals surface area contributed by atoms with Crippen LogP contribution in [0.4, 0.5) is 0 Å². The SMILES string of the molecule is C#Cc1c[nH][n+](CCCn2cnc(CCc3cccc4c3CN(C3CCC(=O)NC3=O)C4=O)c2)c1. The van der Waals surface area contributed by atoms with Gasteiger partial charge in [0.1, 0.15) is 11.6 Å². The number of imide groups is 1. The molecule has 0 spiro atoms. The summed E-state index contributed by atoms with van der Waals surface area (Å²) in [6, 6.07) is 5.15. The number of hydrogen-bond acceptors (Lipinski definition) is 4. The fourth-order valence-corrected chi connectivity index (χ4v) is 4.83. The summed E-state index contributed by atoms with van der Waals surface area (Å²) in [5, 5.41) is 5.47. The lowest BCUT2D eigenvalue weighted by atomic mass is 9.99. The van der Waals surface area contributed by atoms with E-state index in [2.05, 4.69) is 32.1 Å². The first-order valence-corrected chi connectivity index (χ1v) is 11.8. The first kappa shape index (κ1) is 22.6. The number of benzene rings is 1. The van der Waals surface area contributed by atoms with Crippen molar-refractivity contribution in [2.24, 2.45) is 0 Å². The molecule has 2 aliphatic rings. The number of aryl methyl sites for hydroxylation is 4. The van der Waals surface area contributed by atoms with Gasteiger partial charge in [0.2, 0.25) is 18.0 Å². The number of rotatable bonds is 8. The Bertz CT molecular complexity index is 1330. The standard InChI is InChI=1S/C26H26N6O3/c1-2-18-13-28-31(14-18)12-4-11-30-15-20(27-17-30)8-7-19-5-3-6-21-22(19)16-32(26(21)35)23-9-10-24(33)29-25(23)34/h1,3,5-6,13-15,17,23H,4,7-12,16H2,(H,29,33,34)/p+1. The average molecular weight is 472 g/mol. The molecule has 9 nitrogen and oxygen atoms in total. The molecule has 0 aliphatic carbocycles. The molecule has 0 radical (unpaired) electrons. The molecule has 2 aliphatic heterocycles. The molecule has 35 heavy (non-hydrogen) atoms. The van der Waals surface area contributed by atoms with Crippen LogP contribution < -0.4 is 10.00 Å². The van der Waals surface area contributed by atoms with Crippen molar-refractivity contribution >= 4 is 17.7 Å². The fourth-order valence-electron chi connectivity index (χ4n) is 4.83. The maximum atomic E-state index is 13.0. The monoisotopic (exact) mass is 471 g/mol. The Morgan fingerprint density at radius 1 is 1.23 bits per heavy atom. The first-order chi connectivity index (χ1) is 17.0. The smallest absolute Gasteiger partial charge is 0.255 e. The lowest BCUT2D eigenvalue weighted by molar-refractivity contribution is -0.750. The molecule has 1 aromatic carbocycles. The molecule has 1 saturated heterocycles. The minimum Gasteiger partial charge on any atom is -0.337 e. The zero-order valence-corrected chi connectivity index (χ0v) is 19.4. The third-order valence-electron chi connectivity index (χ3n) is 6.68. The molecule has 0 bridgehead atoms. The summed E-state index contributed by atoms with van der Waals surface area (Å²) < 4.78 is 4.06.